The van der Waals surface area contributed by atoms with Crippen LogP contribution in [0.15, 0.2) is 93.9 Å². The standard InChI is InChI=1S/C33H29FN2O6S/c1-4-40-31(38)23-12-10-21(11-13-23)19-42-26-9-7-6-8-24(26)18-27-30(37)36-29(22-14-16-25(34)17-15-22)28(32(39)41-5-2)20(3)35-33(36)43-27/h6-18,29H,4-5,19H2,1-3H3/b27-18-/t29-/m0/s1. The van der Waals surface area contributed by atoms with E-state index in [4.69, 9.17) is 14.2 Å². The smallest absolute Gasteiger partial charge is 0.338 e. The molecule has 43 heavy (non-hydrogen) atoms. The fourth-order valence-electron chi connectivity index (χ4n) is 4.74. The molecule has 5 rings (SSSR count). The van der Waals surface area contributed by atoms with Crippen molar-refractivity contribution in [3.8, 4) is 5.75 Å². The highest BCUT2D eigenvalue weighted by Crippen LogP contribution is 2.31. The van der Waals surface area contributed by atoms with Crippen LogP contribution in [0.2, 0.25) is 0 Å². The molecule has 0 spiro atoms. The monoisotopic (exact) mass is 600 g/mol. The van der Waals surface area contributed by atoms with Gasteiger partial charge in [-0.1, -0.05) is 53.8 Å². The number of carbonyl (C=O) groups is 2. The van der Waals surface area contributed by atoms with E-state index >= 15 is 0 Å². The number of hydrogen-bond acceptors (Lipinski definition) is 8. The second-order valence-corrected chi connectivity index (χ2v) is 10.6. The minimum atomic E-state index is -0.831. The van der Waals surface area contributed by atoms with E-state index < -0.39 is 17.8 Å². The molecule has 0 saturated heterocycles. The number of fused-ring (bicyclic) bond motifs is 1. The number of hydrogen-bond donors (Lipinski definition) is 0. The van der Waals surface area contributed by atoms with Crippen LogP contribution in [0.3, 0.4) is 0 Å². The summed E-state index contributed by atoms with van der Waals surface area (Å²) >= 11 is 1.19. The number of aromatic nitrogens is 1. The van der Waals surface area contributed by atoms with Crippen LogP contribution in [-0.4, -0.2) is 29.7 Å². The molecule has 0 amide bonds. The zero-order chi connectivity index (χ0) is 30.5. The van der Waals surface area contributed by atoms with Crippen LogP contribution in [0, 0.1) is 5.82 Å². The molecule has 1 aliphatic rings. The van der Waals surface area contributed by atoms with Crippen molar-refractivity contribution in [1.29, 1.82) is 0 Å². The summed E-state index contributed by atoms with van der Waals surface area (Å²) in [6.45, 7) is 5.85. The van der Waals surface area contributed by atoms with Gasteiger partial charge in [0, 0.05) is 5.56 Å². The molecule has 0 aliphatic carbocycles. The van der Waals surface area contributed by atoms with Crippen molar-refractivity contribution in [2.45, 2.75) is 33.4 Å². The molecule has 4 aromatic rings. The minimum absolute atomic E-state index is 0.155. The van der Waals surface area contributed by atoms with Gasteiger partial charge in [0.05, 0.1) is 40.6 Å². The highest BCUT2D eigenvalue weighted by molar-refractivity contribution is 7.07. The Labute approximate surface area is 251 Å². The molecule has 3 aromatic carbocycles. The van der Waals surface area contributed by atoms with E-state index in [-0.39, 0.29) is 30.3 Å². The molecular formula is C33H29FN2O6S. The van der Waals surface area contributed by atoms with E-state index in [1.807, 2.05) is 18.2 Å². The van der Waals surface area contributed by atoms with Crippen LogP contribution < -0.4 is 19.6 Å². The van der Waals surface area contributed by atoms with Crippen molar-refractivity contribution in [2.24, 2.45) is 4.99 Å². The van der Waals surface area contributed by atoms with Crippen molar-refractivity contribution in [2.75, 3.05) is 13.2 Å². The van der Waals surface area contributed by atoms with Gasteiger partial charge in [-0.3, -0.25) is 9.36 Å². The molecule has 1 aromatic heterocycles. The zero-order valence-electron chi connectivity index (χ0n) is 23.8. The van der Waals surface area contributed by atoms with Gasteiger partial charge in [-0.25, -0.2) is 19.0 Å². The Hall–Kier alpha value is -4.83. The first-order chi connectivity index (χ1) is 20.8. The molecular weight excluding hydrogens is 571 g/mol. The van der Waals surface area contributed by atoms with E-state index in [0.717, 1.165) is 5.56 Å². The number of allylic oxidation sites excluding steroid dienone is 1. The summed E-state index contributed by atoms with van der Waals surface area (Å²) in [4.78, 5) is 43.8. The predicted molar refractivity (Wildman–Crippen MR) is 160 cm³/mol. The van der Waals surface area contributed by atoms with Crippen LogP contribution in [0.4, 0.5) is 4.39 Å². The molecule has 0 N–H and O–H groups in total. The van der Waals surface area contributed by atoms with Gasteiger partial charge in [0.25, 0.3) is 5.56 Å². The summed E-state index contributed by atoms with van der Waals surface area (Å²) in [6.07, 6.45) is 1.73. The number of ether oxygens (including phenoxy) is 3. The molecule has 220 valence electrons. The highest BCUT2D eigenvalue weighted by Gasteiger charge is 2.33. The first kappa shape index (κ1) is 29.7. The van der Waals surface area contributed by atoms with E-state index in [9.17, 15) is 18.8 Å². The van der Waals surface area contributed by atoms with Gasteiger partial charge in [0.15, 0.2) is 4.80 Å². The number of nitrogens with zero attached hydrogens (tertiary/aromatic N) is 2. The maximum atomic E-state index is 13.9. The van der Waals surface area contributed by atoms with E-state index in [1.165, 1.54) is 28.0 Å². The third-order valence-electron chi connectivity index (χ3n) is 6.77. The molecule has 10 heteroatoms. The molecule has 0 unspecified atom stereocenters. The van der Waals surface area contributed by atoms with Crippen molar-refractivity contribution in [3.63, 3.8) is 0 Å². The first-order valence-electron chi connectivity index (χ1n) is 13.7. The number of rotatable bonds is 9. The predicted octanol–water partition coefficient (Wildman–Crippen LogP) is 4.69. The summed E-state index contributed by atoms with van der Waals surface area (Å²) < 4.78 is 32.1. The molecule has 8 nitrogen and oxygen atoms in total. The Bertz CT molecular complexity index is 1870. The second-order valence-electron chi connectivity index (χ2n) is 9.60. The lowest BCUT2D eigenvalue weighted by Crippen LogP contribution is -2.39. The highest BCUT2D eigenvalue weighted by atomic mass is 32.1. The fraction of sp³-hybridized carbons (Fsp3) is 0.212. The summed E-state index contributed by atoms with van der Waals surface area (Å²) in [5.41, 5.74) is 2.85. The largest absolute Gasteiger partial charge is 0.488 e. The second kappa shape index (κ2) is 13.0. The number of esters is 2. The number of para-hydroxylation sites is 1. The van der Waals surface area contributed by atoms with Crippen molar-refractivity contribution in [1.82, 2.24) is 4.57 Å². The van der Waals surface area contributed by atoms with Crippen LogP contribution in [0.1, 0.15) is 53.9 Å². The lowest BCUT2D eigenvalue weighted by Gasteiger charge is -2.24. The minimum Gasteiger partial charge on any atom is -0.488 e. The number of carbonyl (C=O) groups excluding carboxylic acids is 2. The van der Waals surface area contributed by atoms with Crippen LogP contribution in [0.25, 0.3) is 6.08 Å². The van der Waals surface area contributed by atoms with E-state index in [1.54, 1.807) is 69.3 Å². The normalized spacial score (nSPS) is 14.6. The Kier molecular flexibility index (Phi) is 8.96. The van der Waals surface area contributed by atoms with Gasteiger partial charge in [0.1, 0.15) is 18.2 Å². The number of benzene rings is 3. The van der Waals surface area contributed by atoms with Gasteiger partial charge in [0.2, 0.25) is 0 Å². The van der Waals surface area contributed by atoms with Gasteiger partial charge in [-0.15, -0.1) is 0 Å². The SMILES string of the molecule is CCOC(=O)C1=C(C)N=c2s/c(=C\c3ccccc3OCc3ccc(C(=O)OCC)cc3)c(=O)n2[C@H]1c1ccc(F)cc1. The first-order valence-corrected chi connectivity index (χ1v) is 14.5. The molecule has 0 fully saturated rings. The Balaban J connectivity index is 1.50. The lowest BCUT2D eigenvalue weighted by molar-refractivity contribution is -0.139. The third kappa shape index (κ3) is 6.34. The summed E-state index contributed by atoms with van der Waals surface area (Å²) in [7, 11) is 0. The van der Waals surface area contributed by atoms with E-state index in [0.29, 0.717) is 44.1 Å². The van der Waals surface area contributed by atoms with Gasteiger partial charge >= 0.3 is 11.9 Å². The maximum Gasteiger partial charge on any atom is 0.338 e. The van der Waals surface area contributed by atoms with Crippen LogP contribution in [0.5, 0.6) is 5.75 Å². The summed E-state index contributed by atoms with van der Waals surface area (Å²) in [5, 5.41) is 0. The quantitative estimate of drug-likeness (QED) is 0.259. The zero-order valence-corrected chi connectivity index (χ0v) is 24.7. The molecule has 0 saturated carbocycles. The van der Waals surface area contributed by atoms with Gasteiger partial charge in [-0.2, -0.15) is 0 Å². The Morgan fingerprint density at radius 3 is 2.33 bits per heavy atom. The van der Waals surface area contributed by atoms with Crippen LogP contribution in [-0.2, 0) is 20.9 Å². The number of halogens is 1. The van der Waals surface area contributed by atoms with Gasteiger partial charge in [-0.05, 0) is 68.3 Å². The summed E-state index contributed by atoms with van der Waals surface area (Å²) in [6, 6.07) is 19.2. The lowest BCUT2D eigenvalue weighted by atomic mass is 9.96. The van der Waals surface area contributed by atoms with E-state index in [2.05, 4.69) is 4.99 Å². The third-order valence-corrected chi connectivity index (χ3v) is 7.75. The van der Waals surface area contributed by atoms with Crippen molar-refractivity contribution < 1.29 is 28.2 Å². The molecule has 0 radical (unpaired) electrons. The Morgan fingerprint density at radius 2 is 1.63 bits per heavy atom. The summed E-state index contributed by atoms with van der Waals surface area (Å²) in [5.74, 6) is -0.836. The molecule has 1 atom stereocenters. The van der Waals surface area contributed by atoms with Crippen LogP contribution >= 0.6 is 11.3 Å². The molecule has 0 bridgehead atoms. The van der Waals surface area contributed by atoms with Crippen molar-refractivity contribution in [3.05, 3.63) is 132 Å². The maximum absolute atomic E-state index is 13.9. The Morgan fingerprint density at radius 1 is 0.953 bits per heavy atom. The average molecular weight is 601 g/mol. The van der Waals surface area contributed by atoms with Gasteiger partial charge < -0.3 is 14.2 Å². The average Bonchev–Trinajstić information content (AvgIpc) is 3.30. The number of thiazole rings is 1. The molecule has 2 heterocycles. The fourth-order valence-corrected chi connectivity index (χ4v) is 5.77. The van der Waals surface area contributed by atoms with Crippen molar-refractivity contribution >= 4 is 29.4 Å². The topological polar surface area (TPSA) is 96.2 Å². The molecule has 1 aliphatic heterocycles.